The minimum atomic E-state index is -0.755. The number of hydrogen-bond donors (Lipinski definition) is 1. The van der Waals surface area contributed by atoms with Gasteiger partial charge in [-0.25, -0.2) is 0 Å². The normalized spacial score (nSPS) is 15.9. The quantitative estimate of drug-likeness (QED) is 0.419. The predicted octanol–water partition coefficient (Wildman–Crippen LogP) is 4.49. The van der Waals surface area contributed by atoms with Gasteiger partial charge in [0.15, 0.2) is 5.76 Å². The Morgan fingerprint density at radius 1 is 1.26 bits per heavy atom. The molecule has 2 aromatic heterocycles. The first-order valence-electron chi connectivity index (χ1n) is 9.65. The molecule has 0 saturated carbocycles. The zero-order valence-electron chi connectivity index (χ0n) is 16.6. The minimum absolute atomic E-state index is 0.0669. The number of ether oxygens (including phenoxy) is 1. The van der Waals surface area contributed by atoms with Crippen LogP contribution in [0.2, 0.25) is 0 Å². The van der Waals surface area contributed by atoms with Gasteiger partial charge in [-0.2, -0.15) is 0 Å². The second kappa shape index (κ2) is 8.97. The Morgan fingerprint density at radius 2 is 2.13 bits per heavy atom. The van der Waals surface area contributed by atoms with Crippen molar-refractivity contribution in [3.8, 4) is 5.75 Å². The highest BCUT2D eigenvalue weighted by molar-refractivity contribution is 7.12. The summed E-state index contributed by atoms with van der Waals surface area (Å²) in [4.78, 5) is 32.3. The van der Waals surface area contributed by atoms with Gasteiger partial charge in [-0.15, -0.1) is 11.3 Å². The third kappa shape index (κ3) is 4.13. The molecule has 0 bridgehead atoms. The fourth-order valence-corrected chi connectivity index (χ4v) is 4.23. The Balaban J connectivity index is 1.78. The monoisotopic (exact) mass is 432 g/mol. The largest absolute Gasteiger partial charge is 0.503 e. The number of aliphatic hydroxyl groups excluding tert-OH is 1. The molecule has 156 valence electrons. The molecule has 1 aromatic carbocycles. The molecular formula is C24H20N2O4S. The second-order valence-electron chi connectivity index (χ2n) is 6.94. The predicted molar refractivity (Wildman–Crippen MR) is 118 cm³/mol. The van der Waals surface area contributed by atoms with Crippen molar-refractivity contribution in [2.24, 2.45) is 0 Å². The van der Waals surface area contributed by atoms with E-state index in [1.54, 1.807) is 60.2 Å². The van der Waals surface area contributed by atoms with E-state index in [0.717, 1.165) is 5.56 Å². The molecule has 0 radical (unpaired) electrons. The minimum Gasteiger partial charge on any atom is -0.503 e. The van der Waals surface area contributed by atoms with Gasteiger partial charge in [-0.1, -0.05) is 36.9 Å². The first-order valence-corrected chi connectivity index (χ1v) is 10.5. The number of rotatable bonds is 8. The lowest BCUT2D eigenvalue weighted by atomic mass is 9.95. The van der Waals surface area contributed by atoms with Crippen molar-refractivity contribution >= 4 is 23.0 Å². The third-order valence-electron chi connectivity index (χ3n) is 4.91. The highest BCUT2D eigenvalue weighted by Crippen LogP contribution is 2.41. The first kappa shape index (κ1) is 20.6. The molecule has 7 heteroatoms. The average Bonchev–Trinajstić information content (AvgIpc) is 3.42. The Labute approximate surface area is 183 Å². The van der Waals surface area contributed by atoms with Crippen LogP contribution >= 0.6 is 11.3 Å². The summed E-state index contributed by atoms with van der Waals surface area (Å²) in [5, 5.41) is 12.5. The van der Waals surface area contributed by atoms with Gasteiger partial charge in [-0.3, -0.25) is 14.6 Å². The molecule has 31 heavy (non-hydrogen) atoms. The van der Waals surface area contributed by atoms with E-state index in [9.17, 15) is 14.7 Å². The number of thiophene rings is 1. The fourth-order valence-electron chi connectivity index (χ4n) is 3.55. The van der Waals surface area contributed by atoms with E-state index in [1.165, 1.54) is 16.2 Å². The lowest BCUT2D eigenvalue weighted by molar-refractivity contribution is -0.130. The molecule has 1 amide bonds. The molecule has 3 aromatic rings. The molecule has 4 rings (SSSR count). The number of nitrogens with zero attached hydrogens (tertiary/aromatic N) is 2. The number of ketones is 1. The Kier molecular flexibility index (Phi) is 5.95. The summed E-state index contributed by atoms with van der Waals surface area (Å²) in [6.07, 6.45) is 4.94. The Hall–Kier alpha value is -3.71. The number of carbonyl (C=O) groups is 2. The molecule has 1 aliphatic rings. The van der Waals surface area contributed by atoms with E-state index in [0.29, 0.717) is 22.8 Å². The van der Waals surface area contributed by atoms with Gasteiger partial charge in [0.05, 0.1) is 16.5 Å². The van der Waals surface area contributed by atoms with E-state index in [2.05, 4.69) is 11.6 Å². The summed E-state index contributed by atoms with van der Waals surface area (Å²) in [6.45, 7) is 4.17. The number of aromatic nitrogens is 1. The molecule has 0 aliphatic carbocycles. The SMILES string of the molecule is C=CCOc1cccc([C@@H]2C(C(=O)c3cccs3)=C(O)C(=O)N2Cc2cccnc2)c1. The number of hydrogen-bond acceptors (Lipinski definition) is 6. The molecule has 1 atom stereocenters. The maximum absolute atomic E-state index is 13.3. The van der Waals surface area contributed by atoms with Crippen LogP contribution in [-0.2, 0) is 11.3 Å². The molecular weight excluding hydrogens is 412 g/mol. The van der Waals surface area contributed by atoms with Crippen molar-refractivity contribution < 1.29 is 19.4 Å². The van der Waals surface area contributed by atoms with Crippen LogP contribution in [0.3, 0.4) is 0 Å². The van der Waals surface area contributed by atoms with Crippen LogP contribution in [0.4, 0.5) is 0 Å². The molecule has 1 aliphatic heterocycles. The van der Waals surface area contributed by atoms with E-state index < -0.39 is 17.7 Å². The summed E-state index contributed by atoms with van der Waals surface area (Å²) in [7, 11) is 0. The van der Waals surface area contributed by atoms with Crippen LogP contribution in [0.15, 0.2) is 90.3 Å². The topological polar surface area (TPSA) is 79.7 Å². The summed E-state index contributed by atoms with van der Waals surface area (Å²) < 4.78 is 5.64. The van der Waals surface area contributed by atoms with Gasteiger partial charge in [-0.05, 0) is 40.8 Å². The van der Waals surface area contributed by atoms with E-state index >= 15 is 0 Å². The summed E-state index contributed by atoms with van der Waals surface area (Å²) in [5.74, 6) is -0.895. The smallest absolute Gasteiger partial charge is 0.290 e. The second-order valence-corrected chi connectivity index (χ2v) is 7.89. The number of amides is 1. The highest BCUT2D eigenvalue weighted by Gasteiger charge is 2.44. The zero-order valence-corrected chi connectivity index (χ0v) is 17.4. The summed E-state index contributed by atoms with van der Waals surface area (Å²) in [6, 6.07) is 13.5. The first-order chi connectivity index (χ1) is 15.1. The van der Waals surface area contributed by atoms with Crippen molar-refractivity contribution in [2.45, 2.75) is 12.6 Å². The fraction of sp³-hybridized carbons (Fsp3) is 0.125. The number of pyridine rings is 1. The van der Waals surface area contributed by atoms with Crippen molar-refractivity contribution in [1.82, 2.24) is 9.88 Å². The van der Waals surface area contributed by atoms with Crippen LogP contribution in [0.25, 0.3) is 0 Å². The molecule has 6 nitrogen and oxygen atoms in total. The standard InChI is InChI=1S/C24H20N2O4S/c1-2-11-30-18-8-3-7-17(13-18)21-20(22(27)19-9-5-12-31-19)23(28)24(29)26(21)15-16-6-4-10-25-14-16/h2-10,12-14,21,28H,1,11,15H2/t21-/m1/s1. The lowest BCUT2D eigenvalue weighted by Gasteiger charge is -2.27. The number of benzene rings is 1. The number of Topliss-reactive ketones (excluding diaryl/α,β-unsaturated/α-hetero) is 1. The van der Waals surface area contributed by atoms with Gasteiger partial charge < -0.3 is 14.7 Å². The van der Waals surface area contributed by atoms with Crippen molar-refractivity contribution in [3.05, 3.63) is 106 Å². The Bertz CT molecular complexity index is 1140. The highest BCUT2D eigenvalue weighted by atomic mass is 32.1. The van der Waals surface area contributed by atoms with Crippen LogP contribution < -0.4 is 4.74 Å². The van der Waals surface area contributed by atoms with E-state index in [1.807, 2.05) is 12.1 Å². The number of carbonyl (C=O) groups excluding carboxylic acids is 2. The van der Waals surface area contributed by atoms with Crippen molar-refractivity contribution in [2.75, 3.05) is 6.61 Å². The van der Waals surface area contributed by atoms with E-state index in [4.69, 9.17) is 4.74 Å². The van der Waals surface area contributed by atoms with Crippen LogP contribution in [0.5, 0.6) is 5.75 Å². The van der Waals surface area contributed by atoms with Crippen LogP contribution in [0.1, 0.15) is 26.8 Å². The maximum atomic E-state index is 13.3. The van der Waals surface area contributed by atoms with Gasteiger partial charge in [0, 0.05) is 18.9 Å². The number of aliphatic hydroxyl groups is 1. The summed E-state index contributed by atoms with van der Waals surface area (Å²) in [5.41, 5.74) is 1.53. The third-order valence-corrected chi connectivity index (χ3v) is 5.78. The maximum Gasteiger partial charge on any atom is 0.290 e. The van der Waals surface area contributed by atoms with Gasteiger partial charge in [0.2, 0.25) is 5.78 Å². The molecule has 0 spiro atoms. The molecule has 0 saturated heterocycles. The van der Waals surface area contributed by atoms with Gasteiger partial charge in [0.1, 0.15) is 12.4 Å². The molecule has 3 heterocycles. The van der Waals surface area contributed by atoms with E-state index in [-0.39, 0.29) is 17.9 Å². The average molecular weight is 433 g/mol. The van der Waals surface area contributed by atoms with Gasteiger partial charge >= 0.3 is 0 Å². The molecule has 0 fully saturated rings. The van der Waals surface area contributed by atoms with Crippen LogP contribution in [-0.4, -0.2) is 33.3 Å². The molecule has 1 N–H and O–H groups in total. The van der Waals surface area contributed by atoms with Gasteiger partial charge in [0.25, 0.3) is 5.91 Å². The Morgan fingerprint density at radius 3 is 2.84 bits per heavy atom. The van der Waals surface area contributed by atoms with Crippen molar-refractivity contribution in [3.63, 3.8) is 0 Å². The summed E-state index contributed by atoms with van der Waals surface area (Å²) >= 11 is 1.27. The van der Waals surface area contributed by atoms with Crippen molar-refractivity contribution in [1.29, 1.82) is 0 Å². The zero-order chi connectivity index (χ0) is 21.8. The molecule has 0 unspecified atom stereocenters. The van der Waals surface area contributed by atoms with Crippen LogP contribution in [0, 0.1) is 0 Å². The lowest BCUT2D eigenvalue weighted by Crippen LogP contribution is -2.30.